The lowest BCUT2D eigenvalue weighted by Gasteiger charge is -2.17. The first kappa shape index (κ1) is 17.3. The number of allylic oxidation sites excluding steroid dienone is 2. The van der Waals surface area contributed by atoms with Crippen LogP contribution in [0.1, 0.15) is 36.3 Å². The molecule has 1 N–H and O–H groups in total. The summed E-state index contributed by atoms with van der Waals surface area (Å²) in [6, 6.07) is 6.52. The van der Waals surface area contributed by atoms with Crippen molar-refractivity contribution in [1.29, 1.82) is 0 Å². The number of rotatable bonds is 3. The Morgan fingerprint density at radius 2 is 1.85 bits per heavy atom. The smallest absolute Gasteiger partial charge is 0.133 e. The molecule has 0 saturated carbocycles. The van der Waals surface area contributed by atoms with Crippen molar-refractivity contribution in [2.75, 3.05) is 13.1 Å². The molecule has 1 aromatic heterocycles. The van der Waals surface area contributed by atoms with Gasteiger partial charge >= 0.3 is 0 Å². The summed E-state index contributed by atoms with van der Waals surface area (Å²) in [5.74, 6) is 0.539. The second kappa shape index (κ2) is 7.62. The number of hydrogen-bond acceptors (Lipinski definition) is 3. The Morgan fingerprint density at radius 1 is 1.04 bits per heavy atom. The highest BCUT2D eigenvalue weighted by molar-refractivity contribution is 5.64. The van der Waals surface area contributed by atoms with Gasteiger partial charge in [-0.25, -0.2) is 18.7 Å². The zero-order valence-corrected chi connectivity index (χ0v) is 14.8. The van der Waals surface area contributed by atoms with Crippen molar-refractivity contribution in [2.24, 2.45) is 0 Å². The van der Waals surface area contributed by atoms with Crippen molar-refractivity contribution in [3.63, 3.8) is 0 Å². The molecule has 1 unspecified atom stereocenters. The second-order valence-corrected chi connectivity index (χ2v) is 7.08. The molecule has 0 amide bonds. The van der Waals surface area contributed by atoms with Crippen molar-refractivity contribution in [3.05, 3.63) is 58.8 Å². The van der Waals surface area contributed by atoms with Gasteiger partial charge in [0.15, 0.2) is 0 Å². The molecule has 4 rings (SSSR count). The van der Waals surface area contributed by atoms with E-state index in [-0.39, 0.29) is 5.82 Å². The van der Waals surface area contributed by atoms with E-state index in [9.17, 15) is 8.78 Å². The van der Waals surface area contributed by atoms with Crippen LogP contribution >= 0.6 is 0 Å². The highest BCUT2D eigenvalue weighted by Gasteiger charge is 2.19. The Bertz CT molecular complexity index is 815. The van der Waals surface area contributed by atoms with E-state index >= 15 is 0 Å². The summed E-state index contributed by atoms with van der Waals surface area (Å²) in [4.78, 5) is 9.68. The molecule has 1 aliphatic carbocycles. The van der Waals surface area contributed by atoms with Crippen LogP contribution in [0.3, 0.4) is 0 Å². The van der Waals surface area contributed by atoms with Crippen LogP contribution in [0.2, 0.25) is 0 Å². The number of alkyl halides is 1. The lowest BCUT2D eigenvalue weighted by atomic mass is 9.95. The van der Waals surface area contributed by atoms with Crippen LogP contribution in [0.4, 0.5) is 8.78 Å². The van der Waals surface area contributed by atoms with Gasteiger partial charge in [0.25, 0.3) is 0 Å². The maximum atomic E-state index is 13.4. The molecule has 1 atom stereocenters. The molecule has 0 spiro atoms. The van der Waals surface area contributed by atoms with Gasteiger partial charge in [-0.2, -0.15) is 0 Å². The first-order valence-electron chi connectivity index (χ1n) is 9.36. The monoisotopic (exact) mass is 355 g/mol. The zero-order valence-electron chi connectivity index (χ0n) is 14.8. The number of nitrogens with one attached hydrogen (secondary N) is 1. The Hall–Kier alpha value is -2.14. The third-order valence-corrected chi connectivity index (χ3v) is 5.17. The van der Waals surface area contributed by atoms with Gasteiger partial charge in [-0.3, -0.25) is 0 Å². The van der Waals surface area contributed by atoms with Gasteiger partial charge in [0.1, 0.15) is 17.8 Å². The lowest BCUT2D eigenvalue weighted by Crippen LogP contribution is -2.16. The molecule has 0 bridgehead atoms. The molecular weight excluding hydrogens is 332 g/mol. The van der Waals surface area contributed by atoms with Crippen molar-refractivity contribution >= 4 is 0 Å². The molecular formula is C21H23F2N3. The lowest BCUT2D eigenvalue weighted by molar-refractivity contribution is 0.306. The van der Waals surface area contributed by atoms with Gasteiger partial charge in [-0.15, -0.1) is 0 Å². The van der Waals surface area contributed by atoms with Crippen LogP contribution in [-0.2, 0) is 19.3 Å². The Balaban J connectivity index is 1.72. The van der Waals surface area contributed by atoms with E-state index in [1.807, 2.05) is 6.08 Å². The molecule has 5 heteroatoms. The summed E-state index contributed by atoms with van der Waals surface area (Å²) in [6.45, 7) is 1.80. The van der Waals surface area contributed by atoms with Crippen LogP contribution in [0.15, 0.2) is 35.9 Å². The van der Waals surface area contributed by atoms with E-state index in [1.165, 1.54) is 17.7 Å². The largest absolute Gasteiger partial charge is 0.316 e. The number of nitrogens with zero attached hydrogens (tertiary/aromatic N) is 2. The van der Waals surface area contributed by atoms with Crippen LogP contribution in [-0.4, -0.2) is 29.2 Å². The maximum absolute atomic E-state index is 13.4. The summed E-state index contributed by atoms with van der Waals surface area (Å²) in [7, 11) is 0. The average molecular weight is 355 g/mol. The van der Waals surface area contributed by atoms with E-state index in [2.05, 4.69) is 5.32 Å². The van der Waals surface area contributed by atoms with Gasteiger partial charge in [-0.05, 0) is 56.5 Å². The topological polar surface area (TPSA) is 37.8 Å². The normalized spacial score (nSPS) is 20.2. The average Bonchev–Trinajstić information content (AvgIpc) is 2.89. The Kier molecular flexibility index (Phi) is 5.07. The molecule has 2 heterocycles. The van der Waals surface area contributed by atoms with Gasteiger partial charge in [0, 0.05) is 36.2 Å². The van der Waals surface area contributed by atoms with E-state index in [0.29, 0.717) is 19.3 Å². The Morgan fingerprint density at radius 3 is 2.62 bits per heavy atom. The maximum Gasteiger partial charge on any atom is 0.133 e. The summed E-state index contributed by atoms with van der Waals surface area (Å²) in [5.41, 5.74) is 5.30. The van der Waals surface area contributed by atoms with Crippen LogP contribution in [0.5, 0.6) is 0 Å². The number of benzene rings is 1. The second-order valence-electron chi connectivity index (χ2n) is 7.08. The predicted octanol–water partition coefficient (Wildman–Crippen LogP) is 3.96. The SMILES string of the molecule is Fc1ccc(-c2nc(CC3=CCC(F)CC3)nc3c2CCNCC3)cc1. The molecule has 136 valence electrons. The van der Waals surface area contributed by atoms with E-state index in [1.54, 1.807) is 12.1 Å². The first-order chi connectivity index (χ1) is 12.7. The summed E-state index contributed by atoms with van der Waals surface area (Å²) in [6.07, 6.45) is 5.55. The quantitative estimate of drug-likeness (QED) is 0.847. The molecule has 1 aliphatic heterocycles. The fourth-order valence-corrected chi connectivity index (χ4v) is 3.74. The molecule has 2 aliphatic rings. The molecule has 0 radical (unpaired) electrons. The third-order valence-electron chi connectivity index (χ3n) is 5.17. The third kappa shape index (κ3) is 3.83. The standard InChI is InChI=1S/C21H23F2N3/c22-16-5-1-14(2-6-16)13-20-25-19-10-12-24-11-9-18(19)21(26-20)15-3-7-17(23)8-4-15/h1,3-4,7-8,16,24H,2,5-6,9-13H2. The highest BCUT2D eigenvalue weighted by atomic mass is 19.1. The number of fused-ring (bicyclic) bond motifs is 1. The highest BCUT2D eigenvalue weighted by Crippen LogP contribution is 2.28. The molecule has 1 aromatic carbocycles. The Labute approximate surface area is 152 Å². The van der Waals surface area contributed by atoms with Gasteiger partial charge in [-0.1, -0.05) is 11.6 Å². The zero-order chi connectivity index (χ0) is 17.9. The summed E-state index contributed by atoms with van der Waals surface area (Å²) in [5, 5.41) is 3.41. The summed E-state index contributed by atoms with van der Waals surface area (Å²) < 4.78 is 26.7. The van der Waals surface area contributed by atoms with Gasteiger partial charge in [0.05, 0.1) is 5.69 Å². The van der Waals surface area contributed by atoms with Crippen LogP contribution in [0.25, 0.3) is 11.3 Å². The minimum absolute atomic E-state index is 0.246. The fourth-order valence-electron chi connectivity index (χ4n) is 3.74. The van der Waals surface area contributed by atoms with Crippen molar-refractivity contribution < 1.29 is 8.78 Å². The van der Waals surface area contributed by atoms with E-state index in [0.717, 1.165) is 60.7 Å². The van der Waals surface area contributed by atoms with Crippen molar-refractivity contribution in [2.45, 2.75) is 44.7 Å². The van der Waals surface area contributed by atoms with Crippen molar-refractivity contribution in [1.82, 2.24) is 15.3 Å². The minimum Gasteiger partial charge on any atom is -0.316 e. The minimum atomic E-state index is -0.715. The van der Waals surface area contributed by atoms with Gasteiger partial charge in [0.2, 0.25) is 0 Å². The molecule has 0 saturated heterocycles. The van der Waals surface area contributed by atoms with Crippen molar-refractivity contribution in [3.8, 4) is 11.3 Å². The first-order valence-corrected chi connectivity index (χ1v) is 9.36. The number of halogens is 2. The van der Waals surface area contributed by atoms with Crippen LogP contribution < -0.4 is 5.32 Å². The predicted molar refractivity (Wildman–Crippen MR) is 98.2 cm³/mol. The van der Waals surface area contributed by atoms with E-state index < -0.39 is 6.17 Å². The number of aromatic nitrogens is 2. The summed E-state index contributed by atoms with van der Waals surface area (Å²) >= 11 is 0. The molecule has 2 aromatic rings. The van der Waals surface area contributed by atoms with Gasteiger partial charge < -0.3 is 5.32 Å². The molecule has 26 heavy (non-hydrogen) atoms. The van der Waals surface area contributed by atoms with Crippen LogP contribution in [0, 0.1) is 5.82 Å². The fraction of sp³-hybridized carbons (Fsp3) is 0.429. The molecule has 3 nitrogen and oxygen atoms in total. The molecule has 0 fully saturated rings. The number of hydrogen-bond donors (Lipinski definition) is 1. The van der Waals surface area contributed by atoms with E-state index in [4.69, 9.17) is 9.97 Å².